The van der Waals surface area contributed by atoms with Crippen LogP contribution in [0.5, 0.6) is 0 Å². The Bertz CT molecular complexity index is 397. The van der Waals surface area contributed by atoms with Gasteiger partial charge in [0.05, 0.1) is 23.4 Å². The Hall–Kier alpha value is -0.770. The van der Waals surface area contributed by atoms with E-state index in [9.17, 15) is 0 Å². The minimum atomic E-state index is 0.317. The molecule has 0 bridgehead atoms. The fraction of sp³-hybridized carbons (Fsp3) is 0.571. The molecule has 1 aromatic carbocycles. The van der Waals surface area contributed by atoms with E-state index in [2.05, 4.69) is 23.2 Å². The van der Waals surface area contributed by atoms with E-state index in [0.29, 0.717) is 6.10 Å². The summed E-state index contributed by atoms with van der Waals surface area (Å²) in [6, 6.07) is 6.11. The molecule has 1 aliphatic rings. The van der Waals surface area contributed by atoms with Crippen LogP contribution in [0.1, 0.15) is 18.9 Å². The Morgan fingerprint density at radius 3 is 3.06 bits per heavy atom. The molecule has 1 saturated heterocycles. The Morgan fingerprint density at radius 2 is 2.33 bits per heavy atom. The van der Waals surface area contributed by atoms with E-state index in [1.807, 2.05) is 19.2 Å². The predicted molar refractivity (Wildman–Crippen MR) is 76.5 cm³/mol. The largest absolute Gasteiger partial charge is 0.375 e. The smallest absolute Gasteiger partial charge is 0.0748 e. The van der Waals surface area contributed by atoms with Gasteiger partial charge in [-0.25, -0.2) is 0 Å². The van der Waals surface area contributed by atoms with Crippen molar-refractivity contribution in [2.24, 2.45) is 0 Å². The minimum absolute atomic E-state index is 0.317. The summed E-state index contributed by atoms with van der Waals surface area (Å²) in [5, 5.41) is 4.03. The highest BCUT2D eigenvalue weighted by molar-refractivity contribution is 6.33. The van der Waals surface area contributed by atoms with Gasteiger partial charge in [0.25, 0.3) is 0 Å². The molecule has 0 aromatic heterocycles. The summed E-state index contributed by atoms with van der Waals surface area (Å²) in [7, 11) is 1.96. The monoisotopic (exact) mass is 268 g/mol. The number of nitrogens with zero attached hydrogens (tertiary/aromatic N) is 1. The highest BCUT2D eigenvalue weighted by Crippen LogP contribution is 2.31. The first-order chi connectivity index (χ1) is 8.76. The molecule has 1 atom stereocenters. The normalized spacial score (nSPS) is 20.2. The summed E-state index contributed by atoms with van der Waals surface area (Å²) >= 11 is 6.38. The van der Waals surface area contributed by atoms with Gasteiger partial charge in [-0.05, 0) is 25.1 Å². The van der Waals surface area contributed by atoms with Gasteiger partial charge in [0.15, 0.2) is 0 Å². The van der Waals surface area contributed by atoms with E-state index in [-0.39, 0.29) is 0 Å². The van der Waals surface area contributed by atoms with Crippen molar-refractivity contribution in [3.63, 3.8) is 0 Å². The van der Waals surface area contributed by atoms with Crippen LogP contribution < -0.4 is 10.2 Å². The van der Waals surface area contributed by atoms with Crippen LogP contribution in [0.2, 0.25) is 5.02 Å². The lowest BCUT2D eigenvalue weighted by atomic mass is 10.1. The summed E-state index contributed by atoms with van der Waals surface area (Å²) in [4.78, 5) is 2.35. The third-order valence-corrected chi connectivity index (χ3v) is 3.65. The Kier molecular flexibility index (Phi) is 4.87. The van der Waals surface area contributed by atoms with Crippen LogP contribution in [0.4, 0.5) is 5.69 Å². The van der Waals surface area contributed by atoms with Gasteiger partial charge in [0.1, 0.15) is 0 Å². The van der Waals surface area contributed by atoms with E-state index in [1.54, 1.807) is 0 Å². The molecule has 2 rings (SSSR count). The van der Waals surface area contributed by atoms with Crippen molar-refractivity contribution in [1.82, 2.24) is 5.32 Å². The summed E-state index contributed by atoms with van der Waals surface area (Å²) < 4.78 is 5.72. The number of anilines is 1. The number of morpholine rings is 1. The first-order valence-corrected chi connectivity index (χ1v) is 6.92. The molecule has 0 amide bonds. The van der Waals surface area contributed by atoms with Crippen molar-refractivity contribution in [2.75, 3.05) is 31.6 Å². The maximum absolute atomic E-state index is 6.38. The van der Waals surface area contributed by atoms with Gasteiger partial charge in [0, 0.05) is 19.6 Å². The van der Waals surface area contributed by atoms with Crippen molar-refractivity contribution in [3.8, 4) is 0 Å². The van der Waals surface area contributed by atoms with Crippen LogP contribution in [-0.4, -0.2) is 32.8 Å². The van der Waals surface area contributed by atoms with Gasteiger partial charge in [-0.2, -0.15) is 0 Å². The molecule has 0 saturated carbocycles. The van der Waals surface area contributed by atoms with Crippen LogP contribution in [0, 0.1) is 0 Å². The summed E-state index contributed by atoms with van der Waals surface area (Å²) in [5.74, 6) is 0. The van der Waals surface area contributed by atoms with E-state index < -0.39 is 0 Å². The quantitative estimate of drug-likeness (QED) is 0.909. The SMILES string of the molecule is CCC1CN(c2c(Cl)cccc2CNC)CCO1. The Labute approximate surface area is 114 Å². The van der Waals surface area contributed by atoms with Crippen LogP contribution in [0.25, 0.3) is 0 Å². The number of ether oxygens (including phenoxy) is 1. The average molecular weight is 269 g/mol. The topological polar surface area (TPSA) is 24.5 Å². The molecule has 1 aliphatic heterocycles. The van der Waals surface area contributed by atoms with Gasteiger partial charge in [-0.15, -0.1) is 0 Å². The number of para-hydroxylation sites is 1. The zero-order valence-electron chi connectivity index (χ0n) is 11.1. The van der Waals surface area contributed by atoms with Crippen molar-refractivity contribution in [2.45, 2.75) is 26.0 Å². The molecule has 100 valence electrons. The molecule has 18 heavy (non-hydrogen) atoms. The lowest BCUT2D eigenvalue weighted by molar-refractivity contribution is 0.0384. The average Bonchev–Trinajstić information content (AvgIpc) is 2.39. The van der Waals surface area contributed by atoms with Gasteiger partial charge >= 0.3 is 0 Å². The fourth-order valence-electron chi connectivity index (χ4n) is 2.42. The third-order valence-electron chi connectivity index (χ3n) is 3.35. The molecule has 0 spiro atoms. The number of hydrogen-bond donors (Lipinski definition) is 1. The summed E-state index contributed by atoms with van der Waals surface area (Å²) in [6.45, 7) is 5.62. The third kappa shape index (κ3) is 2.97. The van der Waals surface area contributed by atoms with Crippen LogP contribution in [0.15, 0.2) is 18.2 Å². The maximum atomic E-state index is 6.38. The molecule has 1 fully saturated rings. The number of halogens is 1. The van der Waals surface area contributed by atoms with E-state index in [4.69, 9.17) is 16.3 Å². The number of hydrogen-bond acceptors (Lipinski definition) is 3. The lowest BCUT2D eigenvalue weighted by Crippen LogP contribution is -2.42. The molecular formula is C14H21ClN2O. The van der Waals surface area contributed by atoms with E-state index in [0.717, 1.165) is 43.4 Å². The summed E-state index contributed by atoms with van der Waals surface area (Å²) in [6.07, 6.45) is 1.36. The van der Waals surface area contributed by atoms with Crippen LogP contribution in [-0.2, 0) is 11.3 Å². The molecule has 0 aliphatic carbocycles. The Morgan fingerprint density at radius 1 is 1.50 bits per heavy atom. The maximum Gasteiger partial charge on any atom is 0.0748 e. The van der Waals surface area contributed by atoms with Crippen LogP contribution >= 0.6 is 11.6 Å². The number of rotatable bonds is 4. The molecular weight excluding hydrogens is 248 g/mol. The molecule has 4 heteroatoms. The van der Waals surface area contributed by atoms with E-state index >= 15 is 0 Å². The second-order valence-corrected chi connectivity index (χ2v) is 5.03. The molecule has 3 nitrogen and oxygen atoms in total. The zero-order chi connectivity index (χ0) is 13.0. The standard InChI is InChI=1S/C14H21ClN2O/c1-3-12-10-17(7-8-18-12)14-11(9-16-2)5-4-6-13(14)15/h4-6,12,16H,3,7-10H2,1-2H3. The van der Waals surface area contributed by atoms with Crippen molar-refractivity contribution in [3.05, 3.63) is 28.8 Å². The van der Waals surface area contributed by atoms with Crippen molar-refractivity contribution < 1.29 is 4.74 Å². The number of benzene rings is 1. The van der Waals surface area contributed by atoms with E-state index in [1.165, 1.54) is 5.56 Å². The van der Waals surface area contributed by atoms with Gasteiger partial charge in [-0.1, -0.05) is 30.7 Å². The van der Waals surface area contributed by atoms with Crippen LogP contribution in [0.3, 0.4) is 0 Å². The first kappa shape index (κ1) is 13.7. The lowest BCUT2D eigenvalue weighted by Gasteiger charge is -2.35. The highest BCUT2D eigenvalue weighted by atomic mass is 35.5. The number of nitrogens with one attached hydrogen (secondary N) is 1. The molecule has 1 N–H and O–H groups in total. The highest BCUT2D eigenvalue weighted by Gasteiger charge is 2.22. The minimum Gasteiger partial charge on any atom is -0.375 e. The summed E-state index contributed by atoms with van der Waals surface area (Å²) in [5.41, 5.74) is 2.41. The predicted octanol–water partition coefficient (Wildman–Crippen LogP) is 2.67. The Balaban J connectivity index is 2.25. The van der Waals surface area contributed by atoms with Gasteiger partial charge < -0.3 is 15.0 Å². The molecule has 1 heterocycles. The molecule has 1 unspecified atom stereocenters. The fourth-order valence-corrected chi connectivity index (χ4v) is 2.73. The second kappa shape index (κ2) is 6.41. The van der Waals surface area contributed by atoms with Crippen molar-refractivity contribution in [1.29, 1.82) is 0 Å². The molecule has 1 aromatic rings. The molecule has 0 radical (unpaired) electrons. The second-order valence-electron chi connectivity index (χ2n) is 4.62. The first-order valence-electron chi connectivity index (χ1n) is 6.54. The van der Waals surface area contributed by atoms with Gasteiger partial charge in [0.2, 0.25) is 0 Å². The van der Waals surface area contributed by atoms with Crippen molar-refractivity contribution >= 4 is 17.3 Å². The zero-order valence-corrected chi connectivity index (χ0v) is 11.8. The van der Waals surface area contributed by atoms with Gasteiger partial charge in [-0.3, -0.25) is 0 Å².